The van der Waals surface area contributed by atoms with E-state index >= 15 is 0 Å². The van der Waals surface area contributed by atoms with Crippen LogP contribution >= 0.6 is 12.6 Å². The highest BCUT2D eigenvalue weighted by atomic mass is 32.1. The number of hydrogen-bond donors (Lipinski definition) is 9. The van der Waals surface area contributed by atoms with Crippen LogP contribution in [-0.2, 0) is 14.4 Å². The Morgan fingerprint density at radius 3 is 1.00 bits per heavy atom. The molecule has 11 N–H and O–H groups in total. The molecule has 0 aromatic carbocycles. The highest BCUT2D eigenvalue weighted by molar-refractivity contribution is 7.80. The molecular formula is C9H21N3O8S. The van der Waals surface area contributed by atoms with Crippen molar-refractivity contribution in [1.82, 2.24) is 0 Å². The Kier molecular flexibility index (Phi) is 17.5. The minimum atomic E-state index is -1.18. The van der Waals surface area contributed by atoms with E-state index in [-0.39, 0.29) is 5.75 Å². The lowest BCUT2D eigenvalue weighted by Crippen LogP contribution is -2.33. The number of aliphatic hydroxyl groups is 2. The molecule has 12 heteroatoms. The van der Waals surface area contributed by atoms with Gasteiger partial charge in [-0.05, 0) is 0 Å². The first-order valence-electron chi connectivity index (χ1n) is 5.32. The molecule has 0 aliphatic heterocycles. The zero-order valence-corrected chi connectivity index (χ0v) is 11.9. The monoisotopic (exact) mass is 331 g/mol. The van der Waals surface area contributed by atoms with Crippen LogP contribution in [0.25, 0.3) is 0 Å². The quantitative estimate of drug-likeness (QED) is 0.213. The molecule has 0 saturated carbocycles. The lowest BCUT2D eigenvalue weighted by atomic mass is 10.3. The number of carboxylic acids is 3. The van der Waals surface area contributed by atoms with E-state index in [9.17, 15) is 14.4 Å². The summed E-state index contributed by atoms with van der Waals surface area (Å²) in [5, 5.41) is 39.8. The second-order valence-electron chi connectivity index (χ2n) is 3.38. The Balaban J connectivity index is -0.000000231. The molecule has 0 spiro atoms. The fourth-order valence-electron chi connectivity index (χ4n) is 0.234. The van der Waals surface area contributed by atoms with Gasteiger partial charge in [-0.2, -0.15) is 12.6 Å². The van der Waals surface area contributed by atoms with E-state index in [1.54, 1.807) is 0 Å². The van der Waals surface area contributed by atoms with E-state index in [0.29, 0.717) is 0 Å². The van der Waals surface area contributed by atoms with Crippen LogP contribution in [0.5, 0.6) is 0 Å². The second kappa shape index (κ2) is 15.0. The van der Waals surface area contributed by atoms with Gasteiger partial charge in [-0.15, -0.1) is 0 Å². The van der Waals surface area contributed by atoms with Gasteiger partial charge in [-0.1, -0.05) is 0 Å². The number of aliphatic carboxylic acids is 3. The molecule has 0 aromatic rings. The lowest BCUT2D eigenvalue weighted by molar-refractivity contribution is -0.140. The molecule has 0 rings (SSSR count). The number of carboxylic acid groups (broad SMARTS) is 3. The summed E-state index contributed by atoms with van der Waals surface area (Å²) in [6.07, 6.45) is 0. The minimum Gasteiger partial charge on any atom is -0.480 e. The van der Waals surface area contributed by atoms with Crippen LogP contribution < -0.4 is 17.2 Å². The zero-order valence-electron chi connectivity index (χ0n) is 11.0. The number of aliphatic hydroxyl groups excluding tert-OH is 2. The van der Waals surface area contributed by atoms with Gasteiger partial charge in [-0.25, -0.2) is 0 Å². The highest BCUT2D eigenvalue weighted by Crippen LogP contribution is 1.80. The van der Waals surface area contributed by atoms with Crippen molar-refractivity contribution in [2.45, 2.75) is 18.1 Å². The maximum atomic E-state index is 9.76. The largest absolute Gasteiger partial charge is 0.480 e. The van der Waals surface area contributed by atoms with Crippen LogP contribution in [0.2, 0.25) is 0 Å². The fourth-order valence-corrected chi connectivity index (χ4v) is 0.390. The highest BCUT2D eigenvalue weighted by Gasteiger charge is 2.07. The van der Waals surface area contributed by atoms with Gasteiger partial charge < -0.3 is 42.7 Å². The Morgan fingerprint density at radius 1 is 0.762 bits per heavy atom. The summed E-state index contributed by atoms with van der Waals surface area (Å²) in [5.41, 5.74) is 14.5. The molecule has 126 valence electrons. The molecule has 0 bridgehead atoms. The standard InChI is InChI=1S/2C3H7NO3.C3H7NO2S/c2*4-2(1-5)3(6)7;4-2(1-7)3(5)6/h2*2,5H,1,4H2,(H,6,7);2,7H,1,4H2,(H,5,6). The van der Waals surface area contributed by atoms with E-state index in [4.69, 9.17) is 42.7 Å². The summed E-state index contributed by atoms with van der Waals surface area (Å²) in [4.78, 5) is 29.0. The first-order chi connectivity index (χ1) is 9.54. The molecular weight excluding hydrogens is 310 g/mol. The van der Waals surface area contributed by atoms with Gasteiger partial charge in [0.2, 0.25) is 0 Å². The van der Waals surface area contributed by atoms with E-state index in [1.807, 2.05) is 0 Å². The Hall–Kier alpha value is -1.44. The SMILES string of the molecule is NC(CO)C(=O)O.NC(CO)C(=O)O.NC(CS)C(=O)O. The number of thiol groups is 1. The average molecular weight is 331 g/mol. The molecule has 3 unspecified atom stereocenters. The second-order valence-corrected chi connectivity index (χ2v) is 3.75. The van der Waals surface area contributed by atoms with Gasteiger partial charge in [0.05, 0.1) is 13.2 Å². The van der Waals surface area contributed by atoms with Crippen LogP contribution in [-0.4, -0.2) is 80.5 Å². The predicted molar refractivity (Wildman–Crippen MR) is 74.9 cm³/mol. The van der Waals surface area contributed by atoms with Gasteiger partial charge in [0.15, 0.2) is 0 Å². The smallest absolute Gasteiger partial charge is 0.322 e. The van der Waals surface area contributed by atoms with E-state index < -0.39 is 49.2 Å². The molecule has 11 nitrogen and oxygen atoms in total. The molecule has 0 amide bonds. The molecule has 3 atom stereocenters. The molecule has 0 aliphatic carbocycles. The third kappa shape index (κ3) is 18.6. The van der Waals surface area contributed by atoms with Gasteiger partial charge in [0.25, 0.3) is 0 Å². The van der Waals surface area contributed by atoms with Crippen LogP contribution in [0.4, 0.5) is 0 Å². The molecule has 0 heterocycles. The van der Waals surface area contributed by atoms with Crippen molar-refractivity contribution in [3.63, 3.8) is 0 Å². The molecule has 0 fully saturated rings. The Bertz CT molecular complexity index is 270. The number of carbonyl (C=O) groups is 3. The van der Waals surface area contributed by atoms with Crippen LogP contribution in [0.3, 0.4) is 0 Å². The van der Waals surface area contributed by atoms with Crippen molar-refractivity contribution in [2.75, 3.05) is 19.0 Å². The summed E-state index contributed by atoms with van der Waals surface area (Å²) < 4.78 is 0. The van der Waals surface area contributed by atoms with E-state index in [1.165, 1.54) is 0 Å². The third-order valence-electron chi connectivity index (χ3n) is 1.54. The normalized spacial score (nSPS) is 13.4. The first kappa shape index (κ1) is 24.6. The predicted octanol–water partition coefficient (Wildman–Crippen LogP) is -3.89. The molecule has 0 aromatic heterocycles. The molecule has 0 aliphatic rings. The van der Waals surface area contributed by atoms with Gasteiger partial charge in [0, 0.05) is 5.75 Å². The number of hydrogen-bond acceptors (Lipinski definition) is 9. The van der Waals surface area contributed by atoms with Crippen molar-refractivity contribution < 1.29 is 39.9 Å². The summed E-state index contributed by atoms with van der Waals surface area (Å²) >= 11 is 3.65. The van der Waals surface area contributed by atoms with Crippen molar-refractivity contribution >= 4 is 30.5 Å². The fraction of sp³-hybridized carbons (Fsp3) is 0.667. The summed E-state index contributed by atoms with van der Waals surface area (Å²) in [5.74, 6) is -3.17. The van der Waals surface area contributed by atoms with Crippen molar-refractivity contribution in [1.29, 1.82) is 0 Å². The third-order valence-corrected chi connectivity index (χ3v) is 1.94. The average Bonchev–Trinajstić information content (AvgIpc) is 2.45. The topological polar surface area (TPSA) is 230 Å². The van der Waals surface area contributed by atoms with Gasteiger partial charge >= 0.3 is 17.9 Å². The Morgan fingerprint density at radius 2 is 1.00 bits per heavy atom. The maximum Gasteiger partial charge on any atom is 0.322 e. The maximum absolute atomic E-state index is 9.76. The molecule has 0 saturated heterocycles. The molecule has 0 radical (unpaired) electrons. The molecule has 21 heavy (non-hydrogen) atoms. The van der Waals surface area contributed by atoms with Crippen molar-refractivity contribution in [2.24, 2.45) is 17.2 Å². The Labute approximate surface area is 125 Å². The summed E-state index contributed by atoms with van der Waals surface area (Å²) in [6, 6.07) is -3.07. The van der Waals surface area contributed by atoms with Crippen LogP contribution in [0.15, 0.2) is 0 Å². The first-order valence-corrected chi connectivity index (χ1v) is 5.96. The van der Waals surface area contributed by atoms with Gasteiger partial charge in [0.1, 0.15) is 18.1 Å². The summed E-state index contributed by atoms with van der Waals surface area (Å²) in [6.45, 7) is -1.01. The van der Waals surface area contributed by atoms with Crippen LogP contribution in [0, 0.1) is 0 Å². The van der Waals surface area contributed by atoms with Crippen molar-refractivity contribution in [3.8, 4) is 0 Å². The zero-order chi connectivity index (χ0) is 17.6. The number of rotatable bonds is 6. The number of nitrogens with two attached hydrogens (primary N) is 3. The van der Waals surface area contributed by atoms with Gasteiger partial charge in [-0.3, -0.25) is 14.4 Å². The lowest BCUT2D eigenvalue weighted by Gasteiger charge is -1.96. The minimum absolute atomic E-state index is 0.190. The van der Waals surface area contributed by atoms with Crippen LogP contribution in [0.1, 0.15) is 0 Å². The van der Waals surface area contributed by atoms with E-state index in [2.05, 4.69) is 12.6 Å². The summed E-state index contributed by atoms with van der Waals surface area (Å²) in [7, 11) is 0. The van der Waals surface area contributed by atoms with E-state index in [0.717, 1.165) is 0 Å². The van der Waals surface area contributed by atoms with Crippen molar-refractivity contribution in [3.05, 3.63) is 0 Å².